The van der Waals surface area contributed by atoms with Crippen LogP contribution in [0, 0.1) is 0 Å². The first-order valence-electron chi connectivity index (χ1n) is 12.9. The maximum absolute atomic E-state index is 14.4. The zero-order chi connectivity index (χ0) is 27.0. The van der Waals surface area contributed by atoms with Gasteiger partial charge in [-0.3, -0.25) is 24.0 Å². The maximum atomic E-state index is 14.4. The Morgan fingerprint density at radius 3 is 2.33 bits per heavy atom. The minimum absolute atomic E-state index is 0.153. The van der Waals surface area contributed by atoms with E-state index in [1.165, 1.54) is 0 Å². The first-order valence-corrected chi connectivity index (χ1v) is 12.9. The molecular weight excluding hydrogens is 488 g/mol. The van der Waals surface area contributed by atoms with Gasteiger partial charge in [-0.15, -0.1) is 0 Å². The molecule has 3 N–H and O–H groups in total. The zero-order valence-electron chi connectivity index (χ0n) is 21.5. The molecule has 0 saturated heterocycles. The minimum atomic E-state index is -1.29. The monoisotopic (exact) mass is 516 g/mol. The van der Waals surface area contributed by atoms with Gasteiger partial charge < -0.3 is 11.1 Å². The first-order chi connectivity index (χ1) is 19.0. The number of amides is 1. The highest BCUT2D eigenvalue weighted by molar-refractivity contribution is 6.09. The van der Waals surface area contributed by atoms with Crippen molar-refractivity contribution >= 4 is 29.7 Å². The largest absolute Gasteiger partial charge is 0.369 e. The van der Waals surface area contributed by atoms with Crippen LogP contribution < -0.4 is 11.1 Å². The van der Waals surface area contributed by atoms with Gasteiger partial charge in [0.15, 0.2) is 5.54 Å². The van der Waals surface area contributed by atoms with E-state index in [0.29, 0.717) is 18.7 Å². The molecule has 39 heavy (non-hydrogen) atoms. The Morgan fingerprint density at radius 1 is 1.00 bits per heavy atom. The topological polar surface area (TPSA) is 105 Å². The quantitative estimate of drug-likeness (QED) is 0.393. The Hall–Kier alpha value is -4.98. The average molecular weight is 517 g/mol. The Labute approximate surface area is 226 Å². The maximum Gasteiger partial charge on any atom is 0.267 e. The fourth-order valence-corrected chi connectivity index (χ4v) is 5.46. The summed E-state index contributed by atoms with van der Waals surface area (Å²) in [5.74, 6) is -0.238. The SMILES string of the molecule is CCC(c1cccc(C(=O)n2cc3c(c2)NCN=C3)c1)N1C(=O)C(c2ccccc2)(c2ccccc2)N=C1N. The third kappa shape index (κ3) is 4.01. The van der Waals surface area contributed by atoms with Crippen LogP contribution in [0.5, 0.6) is 0 Å². The van der Waals surface area contributed by atoms with Gasteiger partial charge in [0, 0.05) is 29.7 Å². The summed E-state index contributed by atoms with van der Waals surface area (Å²) in [6.45, 7) is 2.48. The normalized spacial score (nSPS) is 16.4. The van der Waals surface area contributed by atoms with Crippen molar-refractivity contribution in [3.05, 3.63) is 125 Å². The molecule has 6 rings (SSSR count). The number of guanidine groups is 1. The van der Waals surface area contributed by atoms with Gasteiger partial charge in [0.1, 0.15) is 6.67 Å². The molecule has 1 atom stereocenters. The van der Waals surface area contributed by atoms with E-state index in [1.54, 1.807) is 34.1 Å². The zero-order valence-corrected chi connectivity index (χ0v) is 21.5. The molecule has 1 unspecified atom stereocenters. The lowest BCUT2D eigenvalue weighted by molar-refractivity contribution is -0.132. The number of rotatable bonds is 6. The van der Waals surface area contributed by atoms with E-state index in [2.05, 4.69) is 10.3 Å². The summed E-state index contributed by atoms with van der Waals surface area (Å²) in [5.41, 5.74) is 9.80. The number of nitrogens with one attached hydrogen (secondary N) is 1. The molecule has 194 valence electrons. The number of aliphatic imine (C=N–C) groups is 2. The van der Waals surface area contributed by atoms with Gasteiger partial charge in [-0.2, -0.15) is 0 Å². The third-order valence-electron chi connectivity index (χ3n) is 7.34. The molecule has 3 aromatic carbocycles. The van der Waals surface area contributed by atoms with Crippen molar-refractivity contribution in [1.29, 1.82) is 0 Å². The molecule has 2 aliphatic rings. The molecule has 0 fully saturated rings. The van der Waals surface area contributed by atoms with E-state index in [4.69, 9.17) is 10.7 Å². The summed E-state index contributed by atoms with van der Waals surface area (Å²) in [7, 11) is 0. The molecule has 3 heterocycles. The fourth-order valence-electron chi connectivity index (χ4n) is 5.46. The van der Waals surface area contributed by atoms with Crippen LogP contribution >= 0.6 is 0 Å². The van der Waals surface area contributed by atoms with Crippen LogP contribution in [0.1, 0.15) is 52.0 Å². The van der Waals surface area contributed by atoms with Crippen molar-refractivity contribution in [2.45, 2.75) is 24.9 Å². The Morgan fingerprint density at radius 2 is 1.69 bits per heavy atom. The molecule has 0 spiro atoms. The van der Waals surface area contributed by atoms with Gasteiger partial charge in [0.05, 0.1) is 11.7 Å². The highest BCUT2D eigenvalue weighted by Gasteiger charge is 2.52. The number of hydrogen-bond acceptors (Lipinski definition) is 6. The predicted molar refractivity (Wildman–Crippen MR) is 152 cm³/mol. The number of aromatic nitrogens is 1. The molecule has 0 bridgehead atoms. The lowest BCUT2D eigenvalue weighted by Gasteiger charge is -2.31. The van der Waals surface area contributed by atoms with E-state index in [1.807, 2.05) is 85.8 Å². The molecule has 0 saturated carbocycles. The second-order valence-electron chi connectivity index (χ2n) is 9.62. The standard InChI is InChI=1S/C31H28N6O2/c1-2-27(21-10-9-11-22(16-21)28(38)36-18-23-17-33-20-34-26(23)19-36)37-29(39)31(35-30(37)32,24-12-5-3-6-13-24)25-14-7-4-8-15-25/h3-19,27,34H,2,20H2,1H3,(H2,32,35). The Kier molecular flexibility index (Phi) is 6.07. The van der Waals surface area contributed by atoms with Crippen LogP contribution in [0.4, 0.5) is 5.69 Å². The molecule has 0 radical (unpaired) electrons. The van der Waals surface area contributed by atoms with E-state index >= 15 is 0 Å². The molecule has 4 aromatic rings. The van der Waals surface area contributed by atoms with E-state index in [-0.39, 0.29) is 17.8 Å². The second-order valence-corrected chi connectivity index (χ2v) is 9.62. The number of carbonyl (C=O) groups excluding carboxylic acids is 2. The van der Waals surface area contributed by atoms with Crippen LogP contribution in [-0.4, -0.2) is 40.1 Å². The Balaban J connectivity index is 1.37. The fraction of sp³-hybridized carbons (Fsp3) is 0.161. The van der Waals surface area contributed by atoms with E-state index in [9.17, 15) is 9.59 Å². The lowest BCUT2D eigenvalue weighted by atomic mass is 9.82. The first kappa shape index (κ1) is 24.4. The van der Waals surface area contributed by atoms with E-state index < -0.39 is 11.6 Å². The van der Waals surface area contributed by atoms with Crippen molar-refractivity contribution < 1.29 is 9.59 Å². The Bertz CT molecular complexity index is 1570. The van der Waals surface area contributed by atoms with Crippen molar-refractivity contribution in [1.82, 2.24) is 9.47 Å². The predicted octanol–water partition coefficient (Wildman–Crippen LogP) is 4.53. The highest BCUT2D eigenvalue weighted by Crippen LogP contribution is 2.42. The van der Waals surface area contributed by atoms with Gasteiger partial charge in [0.25, 0.3) is 11.8 Å². The second kappa shape index (κ2) is 9.72. The molecule has 1 amide bonds. The minimum Gasteiger partial charge on any atom is -0.369 e. The number of nitrogens with two attached hydrogens (primary N) is 1. The van der Waals surface area contributed by atoms with Crippen LogP contribution in [0.3, 0.4) is 0 Å². The van der Waals surface area contributed by atoms with Crippen molar-refractivity contribution in [2.75, 3.05) is 12.0 Å². The number of anilines is 1. The van der Waals surface area contributed by atoms with Crippen LogP contribution in [0.2, 0.25) is 0 Å². The van der Waals surface area contributed by atoms with Crippen molar-refractivity contribution in [3.63, 3.8) is 0 Å². The van der Waals surface area contributed by atoms with Crippen LogP contribution in [0.25, 0.3) is 0 Å². The third-order valence-corrected chi connectivity index (χ3v) is 7.34. The molecule has 8 nitrogen and oxygen atoms in total. The van der Waals surface area contributed by atoms with Gasteiger partial charge >= 0.3 is 0 Å². The van der Waals surface area contributed by atoms with E-state index in [0.717, 1.165) is 27.9 Å². The van der Waals surface area contributed by atoms with Gasteiger partial charge in [-0.05, 0) is 35.2 Å². The summed E-state index contributed by atoms with van der Waals surface area (Å²) < 4.78 is 1.56. The summed E-state index contributed by atoms with van der Waals surface area (Å²) in [6.07, 6.45) is 5.87. The molecule has 0 aliphatic carbocycles. The summed E-state index contributed by atoms with van der Waals surface area (Å²) >= 11 is 0. The lowest BCUT2D eigenvalue weighted by Crippen LogP contribution is -2.45. The van der Waals surface area contributed by atoms with Gasteiger partial charge in [-0.25, -0.2) is 4.99 Å². The van der Waals surface area contributed by atoms with Crippen LogP contribution in [-0.2, 0) is 10.3 Å². The molecule has 8 heteroatoms. The average Bonchev–Trinajstić information content (AvgIpc) is 3.54. The smallest absolute Gasteiger partial charge is 0.267 e. The van der Waals surface area contributed by atoms with Gasteiger partial charge in [0.2, 0.25) is 5.96 Å². The van der Waals surface area contributed by atoms with Crippen LogP contribution in [0.15, 0.2) is 107 Å². The number of benzene rings is 3. The number of nitrogens with zero attached hydrogens (tertiary/aromatic N) is 4. The summed E-state index contributed by atoms with van der Waals surface area (Å²) in [5, 5.41) is 3.17. The summed E-state index contributed by atoms with van der Waals surface area (Å²) in [4.78, 5) is 38.4. The number of fused-ring (bicyclic) bond motifs is 1. The van der Waals surface area contributed by atoms with Gasteiger partial charge in [-0.1, -0.05) is 79.7 Å². The highest BCUT2D eigenvalue weighted by atomic mass is 16.2. The summed E-state index contributed by atoms with van der Waals surface area (Å²) in [6, 6.07) is 26.0. The number of carbonyl (C=O) groups is 2. The number of hydrogen-bond donors (Lipinski definition) is 2. The van der Waals surface area contributed by atoms with Crippen molar-refractivity contribution in [3.8, 4) is 0 Å². The molecule has 2 aliphatic heterocycles. The molecular formula is C31H28N6O2. The van der Waals surface area contributed by atoms with Crippen molar-refractivity contribution in [2.24, 2.45) is 15.7 Å². The molecule has 1 aromatic heterocycles.